The molecule has 1 aromatic carbocycles. The number of benzene rings is 1. The molecule has 124 valence electrons. The highest BCUT2D eigenvalue weighted by Gasteiger charge is 2.46. The quantitative estimate of drug-likeness (QED) is 0.846. The third-order valence-electron chi connectivity index (χ3n) is 4.11. The molecule has 0 aromatic heterocycles. The van der Waals surface area contributed by atoms with Crippen LogP contribution in [0.25, 0.3) is 0 Å². The van der Waals surface area contributed by atoms with E-state index in [9.17, 15) is 18.4 Å². The average Bonchev–Trinajstić information content (AvgIpc) is 3.10. The zero-order chi connectivity index (χ0) is 16.8. The van der Waals surface area contributed by atoms with Gasteiger partial charge in [0.15, 0.2) is 0 Å². The summed E-state index contributed by atoms with van der Waals surface area (Å²) in [6, 6.07) is 6.06. The van der Waals surface area contributed by atoms with Crippen molar-refractivity contribution in [2.75, 3.05) is 13.2 Å². The fourth-order valence-electron chi connectivity index (χ4n) is 3.18. The molecule has 0 saturated carbocycles. The van der Waals surface area contributed by atoms with Crippen LogP contribution < -0.4 is 10.1 Å². The zero-order valence-electron chi connectivity index (χ0n) is 12.2. The summed E-state index contributed by atoms with van der Waals surface area (Å²) >= 11 is 0. The lowest BCUT2D eigenvalue weighted by molar-refractivity contribution is -0.136. The Morgan fingerprint density at radius 1 is 1.04 bits per heavy atom. The van der Waals surface area contributed by atoms with Crippen molar-refractivity contribution in [2.24, 2.45) is 0 Å². The molecule has 1 aromatic rings. The van der Waals surface area contributed by atoms with E-state index in [1.54, 1.807) is 12.1 Å². The highest BCUT2D eigenvalue weighted by Crippen LogP contribution is 2.46. The summed E-state index contributed by atoms with van der Waals surface area (Å²) in [4.78, 5) is 24.3. The Kier molecular flexibility index (Phi) is 3.26. The van der Waals surface area contributed by atoms with Crippen LogP contribution in [0.2, 0.25) is 0 Å². The lowest BCUT2D eigenvalue weighted by Gasteiger charge is -2.25. The summed E-state index contributed by atoms with van der Waals surface area (Å²) in [6.07, 6.45) is 0. The third kappa shape index (κ3) is 2.14. The Hall–Kier alpha value is -2.90. The minimum Gasteiger partial charge on any atom is -0.456 e. The number of esters is 2. The molecule has 1 N–H and O–H groups in total. The van der Waals surface area contributed by atoms with Crippen molar-refractivity contribution in [2.45, 2.75) is 12.5 Å². The number of carbonyl (C=O) groups excluding carboxylic acids is 2. The predicted molar refractivity (Wildman–Crippen MR) is 74.9 cm³/mol. The number of hydrogen-bond acceptors (Lipinski definition) is 6. The lowest BCUT2D eigenvalue weighted by atomic mass is 9.81. The molecule has 0 spiro atoms. The normalized spacial score (nSPS) is 20.0. The SMILES string of the molecule is O=C1OCC2=C1C(c1ccccc1OC(F)F)C1=C(COC1=O)N2. The summed E-state index contributed by atoms with van der Waals surface area (Å²) in [5, 5.41) is 2.98. The van der Waals surface area contributed by atoms with Crippen molar-refractivity contribution in [3.8, 4) is 5.75 Å². The molecule has 3 aliphatic rings. The predicted octanol–water partition coefficient (Wildman–Crippen LogP) is 1.60. The Balaban J connectivity index is 1.89. The number of carbonyl (C=O) groups is 2. The third-order valence-corrected chi connectivity index (χ3v) is 4.11. The number of halogens is 2. The van der Waals surface area contributed by atoms with E-state index in [0.29, 0.717) is 11.4 Å². The van der Waals surface area contributed by atoms with Crippen molar-refractivity contribution in [1.82, 2.24) is 5.32 Å². The van der Waals surface area contributed by atoms with Gasteiger partial charge >= 0.3 is 18.6 Å². The smallest absolute Gasteiger partial charge is 0.387 e. The average molecular weight is 335 g/mol. The molecule has 6 nitrogen and oxygen atoms in total. The highest BCUT2D eigenvalue weighted by molar-refractivity contribution is 6.02. The first kappa shape index (κ1) is 14.7. The summed E-state index contributed by atoms with van der Waals surface area (Å²) in [6.45, 7) is -2.96. The van der Waals surface area contributed by atoms with Crippen molar-refractivity contribution in [1.29, 1.82) is 0 Å². The molecular weight excluding hydrogens is 324 g/mol. The first-order chi connectivity index (χ1) is 11.6. The molecule has 0 unspecified atom stereocenters. The fourth-order valence-corrected chi connectivity index (χ4v) is 3.18. The van der Waals surface area contributed by atoms with Gasteiger partial charge in [0.25, 0.3) is 0 Å². The number of para-hydroxylation sites is 1. The zero-order valence-corrected chi connectivity index (χ0v) is 12.2. The molecule has 24 heavy (non-hydrogen) atoms. The van der Waals surface area contributed by atoms with Gasteiger partial charge < -0.3 is 19.5 Å². The van der Waals surface area contributed by atoms with Gasteiger partial charge in [-0.05, 0) is 6.07 Å². The first-order valence-electron chi connectivity index (χ1n) is 7.17. The lowest BCUT2D eigenvalue weighted by Crippen LogP contribution is -2.27. The minimum absolute atomic E-state index is 0.0352. The number of hydrogen-bond donors (Lipinski definition) is 1. The number of nitrogens with one attached hydrogen (secondary N) is 1. The van der Waals surface area contributed by atoms with E-state index >= 15 is 0 Å². The molecule has 0 saturated heterocycles. The van der Waals surface area contributed by atoms with Crippen LogP contribution in [0.1, 0.15) is 11.5 Å². The highest BCUT2D eigenvalue weighted by atomic mass is 19.3. The number of dihydropyridines is 1. The van der Waals surface area contributed by atoms with Crippen LogP contribution in [-0.2, 0) is 19.1 Å². The standard InChI is InChI=1S/C16H11F2NO5/c17-16(18)24-10-4-2-1-3-7(10)11-12-8(5-22-14(12)20)19-9-6-23-15(21)13(9)11/h1-4,11,16,19H,5-6H2. The molecule has 0 aliphatic carbocycles. The van der Waals surface area contributed by atoms with Gasteiger partial charge in [0.2, 0.25) is 0 Å². The van der Waals surface area contributed by atoms with Crippen LogP contribution in [-0.4, -0.2) is 31.8 Å². The molecular formula is C16H11F2NO5. The topological polar surface area (TPSA) is 73.9 Å². The van der Waals surface area contributed by atoms with Crippen LogP contribution in [0.5, 0.6) is 5.75 Å². The van der Waals surface area contributed by atoms with Crippen molar-refractivity contribution >= 4 is 11.9 Å². The van der Waals surface area contributed by atoms with Crippen LogP contribution in [0.15, 0.2) is 46.8 Å². The van der Waals surface area contributed by atoms with Gasteiger partial charge in [-0.15, -0.1) is 0 Å². The largest absolute Gasteiger partial charge is 0.456 e. The van der Waals surface area contributed by atoms with Gasteiger partial charge in [-0.3, -0.25) is 0 Å². The molecule has 3 aliphatic heterocycles. The van der Waals surface area contributed by atoms with E-state index in [1.165, 1.54) is 12.1 Å². The second-order valence-electron chi connectivity index (χ2n) is 5.41. The number of rotatable bonds is 3. The molecule has 0 amide bonds. The van der Waals surface area contributed by atoms with E-state index in [1.807, 2.05) is 0 Å². The Morgan fingerprint density at radius 3 is 2.21 bits per heavy atom. The Morgan fingerprint density at radius 2 is 1.62 bits per heavy atom. The number of ether oxygens (including phenoxy) is 3. The van der Waals surface area contributed by atoms with Crippen LogP contribution in [0.4, 0.5) is 8.78 Å². The second kappa shape index (κ2) is 5.33. The van der Waals surface area contributed by atoms with E-state index in [-0.39, 0.29) is 35.7 Å². The number of cyclic esters (lactones) is 2. The maximum Gasteiger partial charge on any atom is 0.387 e. The van der Waals surface area contributed by atoms with E-state index in [4.69, 9.17) is 9.47 Å². The van der Waals surface area contributed by atoms with Crippen molar-refractivity contribution < 1.29 is 32.6 Å². The van der Waals surface area contributed by atoms with Crippen LogP contribution in [0, 0.1) is 0 Å². The summed E-state index contributed by atoms with van der Waals surface area (Å²) in [5.41, 5.74) is 1.75. The molecule has 3 heterocycles. The first-order valence-corrected chi connectivity index (χ1v) is 7.17. The molecule has 0 atom stereocenters. The second-order valence-corrected chi connectivity index (χ2v) is 5.41. The molecule has 0 fully saturated rings. The molecule has 0 bridgehead atoms. The molecule has 8 heteroatoms. The van der Waals surface area contributed by atoms with Gasteiger partial charge in [-0.1, -0.05) is 18.2 Å². The van der Waals surface area contributed by atoms with Crippen molar-refractivity contribution in [3.63, 3.8) is 0 Å². The van der Waals surface area contributed by atoms with Crippen LogP contribution >= 0.6 is 0 Å². The van der Waals surface area contributed by atoms with Gasteiger partial charge in [0.05, 0.1) is 28.5 Å². The van der Waals surface area contributed by atoms with E-state index in [2.05, 4.69) is 10.1 Å². The maximum absolute atomic E-state index is 12.7. The van der Waals surface area contributed by atoms with Gasteiger partial charge in [0, 0.05) is 5.56 Å². The minimum atomic E-state index is -3.03. The Bertz CT molecular complexity index is 774. The van der Waals surface area contributed by atoms with Gasteiger partial charge in [0.1, 0.15) is 19.0 Å². The monoisotopic (exact) mass is 335 g/mol. The Labute approximate surface area is 134 Å². The summed E-state index contributed by atoms with van der Waals surface area (Å²) < 4.78 is 40.1. The van der Waals surface area contributed by atoms with Gasteiger partial charge in [-0.2, -0.15) is 8.78 Å². The molecule has 4 rings (SSSR count). The van der Waals surface area contributed by atoms with Gasteiger partial charge in [-0.25, -0.2) is 9.59 Å². The van der Waals surface area contributed by atoms with Crippen LogP contribution in [0.3, 0.4) is 0 Å². The summed E-state index contributed by atoms with van der Waals surface area (Å²) in [7, 11) is 0. The fraction of sp³-hybridized carbons (Fsp3) is 0.250. The number of alkyl halides is 2. The van der Waals surface area contributed by atoms with Crippen molar-refractivity contribution in [3.05, 3.63) is 52.4 Å². The van der Waals surface area contributed by atoms with E-state index in [0.717, 1.165) is 0 Å². The maximum atomic E-state index is 12.7. The van der Waals surface area contributed by atoms with E-state index < -0.39 is 24.5 Å². The summed E-state index contributed by atoms with van der Waals surface area (Å²) in [5.74, 6) is -2.16. The molecule has 0 radical (unpaired) electrons.